The van der Waals surface area contributed by atoms with E-state index in [2.05, 4.69) is 32.6 Å². The monoisotopic (exact) mass is 282 g/mol. The summed E-state index contributed by atoms with van der Waals surface area (Å²) in [6, 6.07) is 9.96. The lowest BCUT2D eigenvalue weighted by Crippen LogP contribution is -2.30. The molecule has 0 radical (unpaired) electrons. The number of nitrogens with zero attached hydrogens (tertiary/aromatic N) is 4. The molecule has 0 spiro atoms. The van der Waals surface area contributed by atoms with Gasteiger partial charge in [0.2, 0.25) is 0 Å². The first-order chi connectivity index (χ1) is 10.2. The Kier molecular flexibility index (Phi) is 3.64. The minimum atomic E-state index is -0.0926. The van der Waals surface area contributed by atoms with Crippen molar-refractivity contribution in [1.82, 2.24) is 25.2 Å². The van der Waals surface area contributed by atoms with Crippen molar-refractivity contribution in [2.45, 2.75) is 19.4 Å². The molecule has 0 aliphatic heterocycles. The number of rotatable bonds is 4. The highest BCUT2D eigenvalue weighted by Crippen LogP contribution is 2.22. The number of benzene rings is 1. The van der Waals surface area contributed by atoms with E-state index in [1.807, 2.05) is 36.9 Å². The molecule has 2 heterocycles. The Labute approximate surface area is 123 Å². The SMILES string of the molecule is Cc1nccc(C(Cc2nn(C)c3ccccc23)NN)n1. The third-order valence-electron chi connectivity index (χ3n) is 3.59. The fourth-order valence-electron chi connectivity index (χ4n) is 2.55. The first-order valence-corrected chi connectivity index (χ1v) is 6.85. The third kappa shape index (κ3) is 2.63. The van der Waals surface area contributed by atoms with Crippen molar-refractivity contribution < 1.29 is 0 Å². The van der Waals surface area contributed by atoms with Gasteiger partial charge in [-0.15, -0.1) is 0 Å². The molecule has 6 nitrogen and oxygen atoms in total. The summed E-state index contributed by atoms with van der Waals surface area (Å²) < 4.78 is 1.89. The number of aromatic nitrogens is 4. The number of nitrogens with two attached hydrogens (primary N) is 1. The summed E-state index contributed by atoms with van der Waals surface area (Å²) >= 11 is 0. The Hall–Kier alpha value is -2.31. The van der Waals surface area contributed by atoms with Crippen LogP contribution in [0.3, 0.4) is 0 Å². The second-order valence-corrected chi connectivity index (χ2v) is 5.04. The molecule has 1 atom stereocenters. The minimum absolute atomic E-state index is 0.0926. The van der Waals surface area contributed by atoms with Crippen molar-refractivity contribution in [1.29, 1.82) is 0 Å². The molecule has 0 bridgehead atoms. The number of nitrogens with one attached hydrogen (secondary N) is 1. The van der Waals surface area contributed by atoms with Gasteiger partial charge >= 0.3 is 0 Å². The number of hydrogen-bond acceptors (Lipinski definition) is 5. The van der Waals surface area contributed by atoms with Crippen molar-refractivity contribution in [2.24, 2.45) is 12.9 Å². The molecule has 2 aromatic heterocycles. The van der Waals surface area contributed by atoms with E-state index in [1.54, 1.807) is 6.20 Å². The molecule has 0 aliphatic rings. The standard InChI is InChI=1S/C15H18N6/c1-10-17-8-7-12(18-10)14(19-16)9-13-11-5-3-4-6-15(11)21(2)20-13/h3-8,14,19H,9,16H2,1-2H3. The average molecular weight is 282 g/mol. The van der Waals surface area contributed by atoms with E-state index in [0.717, 1.165) is 28.1 Å². The van der Waals surface area contributed by atoms with Gasteiger partial charge in [0.15, 0.2) is 0 Å². The Bertz CT molecular complexity index is 764. The zero-order valence-electron chi connectivity index (χ0n) is 12.1. The summed E-state index contributed by atoms with van der Waals surface area (Å²) in [6.07, 6.45) is 2.42. The molecule has 3 rings (SSSR count). The van der Waals surface area contributed by atoms with Crippen LogP contribution in [0.15, 0.2) is 36.5 Å². The Morgan fingerprint density at radius 1 is 1.29 bits per heavy atom. The number of para-hydroxylation sites is 1. The predicted octanol–water partition coefficient (Wildman–Crippen LogP) is 1.42. The van der Waals surface area contributed by atoms with Gasteiger partial charge in [-0.3, -0.25) is 16.0 Å². The number of hydrogen-bond donors (Lipinski definition) is 2. The van der Waals surface area contributed by atoms with E-state index >= 15 is 0 Å². The van der Waals surface area contributed by atoms with Gasteiger partial charge in [-0.05, 0) is 19.1 Å². The molecule has 1 unspecified atom stereocenters. The summed E-state index contributed by atoms with van der Waals surface area (Å²) in [5.41, 5.74) is 5.82. The van der Waals surface area contributed by atoms with Gasteiger partial charge in [-0.2, -0.15) is 5.10 Å². The zero-order valence-corrected chi connectivity index (χ0v) is 12.1. The molecular weight excluding hydrogens is 264 g/mol. The summed E-state index contributed by atoms with van der Waals surface area (Å²) in [6.45, 7) is 1.87. The number of hydrazine groups is 1. The first kappa shape index (κ1) is 13.7. The average Bonchev–Trinajstić information content (AvgIpc) is 2.82. The van der Waals surface area contributed by atoms with Crippen molar-refractivity contribution in [2.75, 3.05) is 0 Å². The number of fused-ring (bicyclic) bond motifs is 1. The lowest BCUT2D eigenvalue weighted by atomic mass is 10.1. The fourth-order valence-corrected chi connectivity index (χ4v) is 2.55. The van der Waals surface area contributed by atoms with Gasteiger partial charge < -0.3 is 0 Å². The van der Waals surface area contributed by atoms with Crippen LogP contribution in [0.5, 0.6) is 0 Å². The molecule has 21 heavy (non-hydrogen) atoms. The maximum Gasteiger partial charge on any atom is 0.125 e. The topological polar surface area (TPSA) is 81.7 Å². The molecule has 6 heteroatoms. The van der Waals surface area contributed by atoms with Crippen molar-refractivity contribution in [3.05, 3.63) is 53.7 Å². The van der Waals surface area contributed by atoms with Gasteiger partial charge in [0.1, 0.15) is 5.82 Å². The highest BCUT2D eigenvalue weighted by molar-refractivity contribution is 5.81. The number of aryl methyl sites for hydroxylation is 2. The molecular formula is C15H18N6. The van der Waals surface area contributed by atoms with Gasteiger partial charge in [0.05, 0.1) is 22.9 Å². The Morgan fingerprint density at radius 2 is 2.10 bits per heavy atom. The van der Waals surface area contributed by atoms with Crippen molar-refractivity contribution in [3.8, 4) is 0 Å². The van der Waals surface area contributed by atoms with Crippen LogP contribution in [0.25, 0.3) is 10.9 Å². The lowest BCUT2D eigenvalue weighted by Gasteiger charge is -2.14. The van der Waals surface area contributed by atoms with E-state index < -0.39 is 0 Å². The Balaban J connectivity index is 1.96. The van der Waals surface area contributed by atoms with E-state index in [-0.39, 0.29) is 6.04 Å². The second-order valence-electron chi connectivity index (χ2n) is 5.04. The van der Waals surface area contributed by atoms with Crippen molar-refractivity contribution in [3.63, 3.8) is 0 Å². The predicted molar refractivity (Wildman–Crippen MR) is 81.3 cm³/mol. The minimum Gasteiger partial charge on any atom is -0.271 e. The van der Waals surface area contributed by atoms with Crippen LogP contribution in [-0.2, 0) is 13.5 Å². The highest BCUT2D eigenvalue weighted by Gasteiger charge is 2.17. The largest absolute Gasteiger partial charge is 0.271 e. The third-order valence-corrected chi connectivity index (χ3v) is 3.59. The quantitative estimate of drug-likeness (QED) is 0.558. The van der Waals surface area contributed by atoms with E-state index in [9.17, 15) is 0 Å². The summed E-state index contributed by atoms with van der Waals surface area (Å²) in [5, 5.41) is 5.75. The molecule has 0 aliphatic carbocycles. The van der Waals surface area contributed by atoms with Crippen molar-refractivity contribution >= 4 is 10.9 Å². The summed E-state index contributed by atoms with van der Waals surface area (Å²) in [4.78, 5) is 8.56. The normalized spacial score (nSPS) is 12.7. The van der Waals surface area contributed by atoms with Gasteiger partial charge in [-0.25, -0.2) is 9.97 Å². The molecule has 1 aromatic carbocycles. The molecule has 0 saturated heterocycles. The van der Waals surface area contributed by atoms with Crippen LogP contribution in [0, 0.1) is 6.92 Å². The highest BCUT2D eigenvalue weighted by atomic mass is 15.3. The van der Waals surface area contributed by atoms with Crippen LogP contribution in [0.2, 0.25) is 0 Å². The molecule has 0 fully saturated rings. The first-order valence-electron chi connectivity index (χ1n) is 6.85. The summed E-state index contributed by atoms with van der Waals surface area (Å²) in [5.74, 6) is 6.44. The molecule has 0 amide bonds. The van der Waals surface area contributed by atoms with Crippen LogP contribution in [0.1, 0.15) is 23.3 Å². The fraction of sp³-hybridized carbons (Fsp3) is 0.267. The van der Waals surface area contributed by atoms with Crippen LogP contribution in [-0.4, -0.2) is 19.7 Å². The second kappa shape index (κ2) is 5.59. The maximum atomic E-state index is 5.71. The van der Waals surface area contributed by atoms with E-state index in [4.69, 9.17) is 5.84 Å². The molecule has 3 N–H and O–H groups in total. The molecule has 3 aromatic rings. The maximum absolute atomic E-state index is 5.71. The van der Waals surface area contributed by atoms with Gasteiger partial charge in [-0.1, -0.05) is 18.2 Å². The van der Waals surface area contributed by atoms with E-state index in [1.165, 1.54) is 0 Å². The van der Waals surface area contributed by atoms with Crippen LogP contribution >= 0.6 is 0 Å². The summed E-state index contributed by atoms with van der Waals surface area (Å²) in [7, 11) is 1.95. The van der Waals surface area contributed by atoms with Gasteiger partial charge in [0.25, 0.3) is 0 Å². The molecule has 108 valence electrons. The Morgan fingerprint density at radius 3 is 2.86 bits per heavy atom. The lowest BCUT2D eigenvalue weighted by molar-refractivity contribution is 0.527. The van der Waals surface area contributed by atoms with E-state index in [0.29, 0.717) is 6.42 Å². The molecule has 0 saturated carbocycles. The van der Waals surface area contributed by atoms with Gasteiger partial charge in [0, 0.05) is 25.1 Å². The van der Waals surface area contributed by atoms with Crippen LogP contribution < -0.4 is 11.3 Å². The smallest absolute Gasteiger partial charge is 0.125 e. The zero-order chi connectivity index (χ0) is 14.8. The van der Waals surface area contributed by atoms with Crippen LogP contribution in [0.4, 0.5) is 0 Å².